The van der Waals surface area contributed by atoms with Gasteiger partial charge in [-0.1, -0.05) is 29.5 Å². The summed E-state index contributed by atoms with van der Waals surface area (Å²) >= 11 is 2.66. The average Bonchev–Trinajstić information content (AvgIpc) is 3.60. The molecule has 0 spiro atoms. The van der Waals surface area contributed by atoms with Crippen LogP contribution in [0.4, 0.5) is 5.69 Å². The second-order valence-corrected chi connectivity index (χ2v) is 10.9. The number of esters is 1. The van der Waals surface area contributed by atoms with Crippen molar-refractivity contribution < 1.29 is 23.9 Å². The zero-order chi connectivity index (χ0) is 29.1. The van der Waals surface area contributed by atoms with Gasteiger partial charge in [-0.05, 0) is 55.1 Å². The number of carbonyl (C=O) groups excluding carboxylic acids is 1. The molecule has 4 aromatic rings. The number of hydrogen-bond donors (Lipinski definition) is 0. The van der Waals surface area contributed by atoms with Crippen molar-refractivity contribution in [1.29, 1.82) is 0 Å². The summed E-state index contributed by atoms with van der Waals surface area (Å²) < 4.78 is 18.9. The Kier molecular flexibility index (Phi) is 8.13. The molecule has 0 radical (unpaired) electrons. The molecule has 210 valence electrons. The van der Waals surface area contributed by atoms with Crippen LogP contribution >= 0.6 is 22.7 Å². The minimum Gasteiger partial charge on any atom is -0.493 e. The number of ether oxygens (including phenoxy) is 3. The highest BCUT2D eigenvalue weighted by Gasteiger charge is 2.34. The number of aromatic nitrogens is 1. The molecule has 10 nitrogen and oxygen atoms in total. The summed E-state index contributed by atoms with van der Waals surface area (Å²) in [6.45, 7) is 3.81. The zero-order valence-corrected chi connectivity index (χ0v) is 24.0. The van der Waals surface area contributed by atoms with Gasteiger partial charge in [0.15, 0.2) is 16.3 Å². The molecule has 0 saturated carbocycles. The number of benzene rings is 2. The van der Waals surface area contributed by atoms with Crippen molar-refractivity contribution in [3.63, 3.8) is 0 Å². The van der Waals surface area contributed by atoms with Crippen molar-refractivity contribution in [3.05, 3.63) is 117 Å². The highest BCUT2D eigenvalue weighted by atomic mass is 32.1. The van der Waals surface area contributed by atoms with Crippen LogP contribution in [-0.2, 0) is 16.1 Å². The van der Waals surface area contributed by atoms with Gasteiger partial charge < -0.3 is 14.2 Å². The van der Waals surface area contributed by atoms with Crippen LogP contribution in [0.3, 0.4) is 0 Å². The average molecular weight is 592 g/mol. The van der Waals surface area contributed by atoms with Crippen LogP contribution in [0.5, 0.6) is 11.5 Å². The van der Waals surface area contributed by atoms with Crippen LogP contribution in [-0.4, -0.2) is 29.2 Å². The number of nitrogens with zero attached hydrogens (tertiary/aromatic N) is 3. The first kappa shape index (κ1) is 28.0. The molecule has 0 fully saturated rings. The minimum absolute atomic E-state index is 0.00990. The number of thiophene rings is 1. The molecule has 0 amide bonds. The van der Waals surface area contributed by atoms with Gasteiger partial charge in [0.2, 0.25) is 0 Å². The second kappa shape index (κ2) is 11.9. The minimum atomic E-state index is -0.657. The monoisotopic (exact) mass is 591 g/mol. The molecule has 5 rings (SSSR count). The summed E-state index contributed by atoms with van der Waals surface area (Å²) in [5, 5.41) is 12.9. The molecule has 0 bridgehead atoms. The largest absolute Gasteiger partial charge is 0.493 e. The molecule has 1 aliphatic heterocycles. The summed E-state index contributed by atoms with van der Waals surface area (Å²) in [5.41, 5.74) is 1.86. The van der Waals surface area contributed by atoms with E-state index in [0.717, 1.165) is 10.4 Å². The summed E-state index contributed by atoms with van der Waals surface area (Å²) in [6.07, 6.45) is 1.71. The number of hydrogen-bond acceptors (Lipinski definition) is 10. The number of non-ortho nitro benzene ring substituents is 1. The summed E-state index contributed by atoms with van der Waals surface area (Å²) in [7, 11) is 1.52. The van der Waals surface area contributed by atoms with E-state index in [0.29, 0.717) is 37.7 Å². The number of rotatable bonds is 9. The number of para-hydroxylation sites is 1. The number of fused-ring (bicyclic) bond motifs is 1. The van der Waals surface area contributed by atoms with E-state index in [1.54, 1.807) is 54.8 Å². The molecular formula is C29H25N3O7S2. The van der Waals surface area contributed by atoms with Gasteiger partial charge in [0.1, 0.15) is 12.6 Å². The van der Waals surface area contributed by atoms with Crippen LogP contribution in [0, 0.1) is 10.1 Å². The Balaban J connectivity index is 1.58. The standard InChI is InChI=1S/C29H25N3O7S2/c1-4-38-28(34)24-17(2)30-29-31(25(24)22-9-6-14-40-22)27(33)23(41-29)15-19-7-5-8-21(37-3)26(19)39-16-18-10-12-20(13-11-18)32(35)36/h5-15,25H,4,16H2,1-3H3/b23-15-/t25-/m0/s1. The van der Waals surface area contributed by atoms with Gasteiger partial charge in [-0.2, -0.15) is 0 Å². The number of methoxy groups -OCH3 is 1. The molecule has 41 heavy (non-hydrogen) atoms. The Morgan fingerprint density at radius 1 is 1.17 bits per heavy atom. The maximum atomic E-state index is 13.9. The molecular weight excluding hydrogens is 566 g/mol. The van der Waals surface area contributed by atoms with Gasteiger partial charge in [-0.15, -0.1) is 11.3 Å². The first-order chi connectivity index (χ1) is 19.8. The lowest BCUT2D eigenvalue weighted by molar-refractivity contribution is -0.384. The van der Waals surface area contributed by atoms with E-state index in [-0.39, 0.29) is 24.5 Å². The van der Waals surface area contributed by atoms with Crippen LogP contribution in [0.2, 0.25) is 0 Å². The molecule has 0 unspecified atom stereocenters. The van der Waals surface area contributed by atoms with E-state index in [9.17, 15) is 19.7 Å². The zero-order valence-electron chi connectivity index (χ0n) is 22.4. The summed E-state index contributed by atoms with van der Waals surface area (Å²) in [6, 6.07) is 14.5. The molecule has 0 saturated heterocycles. The van der Waals surface area contributed by atoms with Gasteiger partial charge >= 0.3 is 5.97 Å². The van der Waals surface area contributed by atoms with Crippen molar-refractivity contribution in [2.45, 2.75) is 26.5 Å². The smallest absolute Gasteiger partial charge is 0.338 e. The Hall–Kier alpha value is -4.55. The summed E-state index contributed by atoms with van der Waals surface area (Å²) in [4.78, 5) is 43.3. The fraction of sp³-hybridized carbons (Fsp3) is 0.207. The Bertz CT molecular complexity index is 1820. The van der Waals surface area contributed by atoms with Gasteiger partial charge in [0.25, 0.3) is 11.2 Å². The number of carbonyl (C=O) groups is 1. The highest BCUT2D eigenvalue weighted by molar-refractivity contribution is 7.10. The van der Waals surface area contributed by atoms with Crippen molar-refractivity contribution in [2.75, 3.05) is 13.7 Å². The van der Waals surface area contributed by atoms with Gasteiger partial charge in [-0.25, -0.2) is 9.79 Å². The highest BCUT2D eigenvalue weighted by Crippen LogP contribution is 2.34. The molecule has 1 aliphatic rings. The third-order valence-electron chi connectivity index (χ3n) is 6.38. The van der Waals surface area contributed by atoms with Gasteiger partial charge in [0, 0.05) is 22.6 Å². The third kappa shape index (κ3) is 5.56. The van der Waals surface area contributed by atoms with E-state index in [1.807, 2.05) is 17.5 Å². The molecule has 3 heterocycles. The van der Waals surface area contributed by atoms with Crippen molar-refractivity contribution in [3.8, 4) is 11.5 Å². The molecule has 2 aromatic carbocycles. The normalized spacial score (nSPS) is 14.8. The lowest BCUT2D eigenvalue weighted by Gasteiger charge is -2.23. The van der Waals surface area contributed by atoms with Crippen molar-refractivity contribution >= 4 is 40.4 Å². The van der Waals surface area contributed by atoms with Crippen molar-refractivity contribution in [1.82, 2.24) is 4.57 Å². The van der Waals surface area contributed by atoms with Crippen LogP contribution in [0.25, 0.3) is 6.08 Å². The van der Waals surface area contributed by atoms with Gasteiger partial charge in [0.05, 0.1) is 34.4 Å². The molecule has 1 atom stereocenters. The van der Waals surface area contributed by atoms with E-state index >= 15 is 0 Å². The second-order valence-electron chi connectivity index (χ2n) is 8.91. The molecule has 12 heteroatoms. The Morgan fingerprint density at radius 2 is 1.95 bits per heavy atom. The van der Waals surface area contributed by atoms with Crippen LogP contribution in [0.1, 0.15) is 35.9 Å². The first-order valence-electron chi connectivity index (χ1n) is 12.6. The predicted octanol–water partition coefficient (Wildman–Crippen LogP) is 4.36. The predicted molar refractivity (Wildman–Crippen MR) is 155 cm³/mol. The number of allylic oxidation sites excluding steroid dienone is 1. The topological polar surface area (TPSA) is 122 Å². The molecule has 2 aromatic heterocycles. The number of nitro groups is 1. The lowest BCUT2D eigenvalue weighted by atomic mass is 10.0. The van der Waals surface area contributed by atoms with E-state index in [2.05, 4.69) is 4.99 Å². The fourth-order valence-corrected chi connectivity index (χ4v) is 6.34. The lowest BCUT2D eigenvalue weighted by Crippen LogP contribution is -2.39. The summed E-state index contributed by atoms with van der Waals surface area (Å²) in [5.74, 6) is 0.374. The van der Waals surface area contributed by atoms with Crippen molar-refractivity contribution in [2.24, 2.45) is 4.99 Å². The van der Waals surface area contributed by atoms with E-state index in [1.165, 1.54) is 41.9 Å². The Morgan fingerprint density at radius 3 is 2.61 bits per heavy atom. The number of thiazole rings is 1. The maximum absolute atomic E-state index is 13.9. The Labute approximate surface area is 242 Å². The first-order valence-corrected chi connectivity index (χ1v) is 14.3. The van der Waals surface area contributed by atoms with E-state index in [4.69, 9.17) is 14.2 Å². The third-order valence-corrected chi connectivity index (χ3v) is 8.28. The van der Waals surface area contributed by atoms with Crippen LogP contribution in [0.15, 0.2) is 81.0 Å². The van der Waals surface area contributed by atoms with Crippen LogP contribution < -0.4 is 24.4 Å². The fourth-order valence-electron chi connectivity index (χ4n) is 4.48. The quantitative estimate of drug-likeness (QED) is 0.161. The SMILES string of the molecule is CCOC(=O)C1=C(C)N=c2s/c(=C\c3cccc(OC)c3OCc3ccc([N+](=O)[O-])cc3)c(=O)n2[C@H]1c1cccs1. The van der Waals surface area contributed by atoms with E-state index < -0.39 is 16.9 Å². The molecule has 0 N–H and O–H groups in total. The molecule has 0 aliphatic carbocycles. The van der Waals surface area contributed by atoms with Gasteiger partial charge in [-0.3, -0.25) is 19.5 Å². The maximum Gasteiger partial charge on any atom is 0.338 e. The number of nitro benzene ring substituents is 1.